The highest BCUT2D eigenvalue weighted by molar-refractivity contribution is 7.97. The molecular weight excluding hydrogens is 392 g/mol. The number of carbonyl (C=O) groups excluding carboxylic acids is 1. The highest BCUT2D eigenvalue weighted by atomic mass is 32.2. The molecule has 4 nitrogen and oxygen atoms in total. The average molecular weight is 426 g/mol. The molecule has 0 aromatic carbocycles. The molecule has 0 spiro atoms. The van der Waals surface area contributed by atoms with E-state index >= 15 is 0 Å². The molecule has 7 heteroatoms. The Hall–Kier alpha value is -1.21. The predicted molar refractivity (Wildman–Crippen MR) is 114 cm³/mol. The number of hydrogen-bond acceptors (Lipinski definition) is 4. The van der Waals surface area contributed by atoms with Gasteiger partial charge in [0.15, 0.2) is 0 Å². The lowest BCUT2D eigenvalue weighted by molar-refractivity contribution is -0.134. The Bertz CT molecular complexity index is 714. The molecule has 1 heterocycles. The fourth-order valence-electron chi connectivity index (χ4n) is 5.21. The molecule has 1 amide bonds. The quantitative estimate of drug-likeness (QED) is 0.590. The minimum atomic E-state index is -2.77. The van der Waals surface area contributed by atoms with Gasteiger partial charge >= 0.3 is 0 Å². The summed E-state index contributed by atoms with van der Waals surface area (Å²) in [5.74, 6) is -2.67. The molecule has 0 radical (unpaired) electrons. The minimum absolute atomic E-state index is 0.0285. The standard InChI is InChI=1S/C22H33F2N3OS/c1-21(2,3)15-6-4-14(5-7-15)17-8-10-22(23,24)13-18(17)20(28)27-16-9-11-26-19(12-16)29-25/h9,11-12,14-15,17-18H,4-8,10,13,25H2,1-3H3,(H,26,27,28)/t14?,15?,17?,18-/m1/s1. The summed E-state index contributed by atoms with van der Waals surface area (Å²) >= 11 is 0.988. The highest BCUT2D eigenvalue weighted by Crippen LogP contribution is 2.49. The van der Waals surface area contributed by atoms with Crippen molar-refractivity contribution in [1.82, 2.24) is 4.98 Å². The molecular formula is C22H33F2N3OS. The molecule has 1 aromatic rings. The Balaban J connectivity index is 1.71. The minimum Gasteiger partial charge on any atom is -0.326 e. The first kappa shape index (κ1) is 22.5. The molecule has 0 saturated heterocycles. The van der Waals surface area contributed by atoms with Crippen LogP contribution >= 0.6 is 11.9 Å². The zero-order valence-corrected chi connectivity index (χ0v) is 18.4. The van der Waals surface area contributed by atoms with Crippen molar-refractivity contribution in [2.75, 3.05) is 5.32 Å². The second kappa shape index (κ2) is 8.88. The summed E-state index contributed by atoms with van der Waals surface area (Å²) in [6, 6.07) is 3.34. The summed E-state index contributed by atoms with van der Waals surface area (Å²) in [4.78, 5) is 17.1. The monoisotopic (exact) mass is 425 g/mol. The molecule has 2 aliphatic carbocycles. The van der Waals surface area contributed by atoms with Crippen molar-refractivity contribution in [1.29, 1.82) is 0 Å². The molecule has 2 atom stereocenters. The second-order valence-corrected chi connectivity index (χ2v) is 10.5. The van der Waals surface area contributed by atoms with E-state index in [1.807, 2.05) is 0 Å². The van der Waals surface area contributed by atoms with E-state index < -0.39 is 11.8 Å². The van der Waals surface area contributed by atoms with E-state index in [1.54, 1.807) is 18.3 Å². The summed E-state index contributed by atoms with van der Waals surface area (Å²) in [7, 11) is 0. The van der Waals surface area contributed by atoms with Crippen molar-refractivity contribution < 1.29 is 13.6 Å². The molecule has 0 aliphatic heterocycles. The van der Waals surface area contributed by atoms with Crippen LogP contribution in [0, 0.1) is 29.1 Å². The zero-order valence-electron chi connectivity index (χ0n) is 17.6. The van der Waals surface area contributed by atoms with Gasteiger partial charge in [-0.3, -0.25) is 9.93 Å². The summed E-state index contributed by atoms with van der Waals surface area (Å²) < 4.78 is 28.4. The summed E-state index contributed by atoms with van der Waals surface area (Å²) in [6.07, 6.45) is 5.84. The van der Waals surface area contributed by atoms with Gasteiger partial charge in [-0.15, -0.1) is 0 Å². The number of aromatic nitrogens is 1. The molecule has 2 fully saturated rings. The number of nitrogens with zero attached hydrogens (tertiary/aromatic N) is 1. The van der Waals surface area contributed by atoms with Gasteiger partial charge in [0.05, 0.1) is 0 Å². The van der Waals surface area contributed by atoms with Gasteiger partial charge in [0.25, 0.3) is 0 Å². The molecule has 1 unspecified atom stereocenters. The number of anilines is 1. The predicted octanol–water partition coefficient (Wildman–Crippen LogP) is 5.89. The molecule has 2 aliphatic rings. The first-order chi connectivity index (χ1) is 13.6. The molecule has 3 rings (SSSR count). The van der Waals surface area contributed by atoms with Crippen LogP contribution < -0.4 is 10.5 Å². The van der Waals surface area contributed by atoms with Gasteiger partial charge < -0.3 is 5.32 Å². The highest BCUT2D eigenvalue weighted by Gasteiger charge is 2.47. The lowest BCUT2D eigenvalue weighted by atomic mass is 9.62. The number of alkyl halides is 2. The van der Waals surface area contributed by atoms with Gasteiger partial charge in [-0.2, -0.15) is 0 Å². The third-order valence-corrected chi connectivity index (χ3v) is 7.41. The van der Waals surface area contributed by atoms with E-state index in [9.17, 15) is 13.6 Å². The van der Waals surface area contributed by atoms with Gasteiger partial charge in [-0.25, -0.2) is 13.8 Å². The van der Waals surface area contributed by atoms with Gasteiger partial charge in [-0.1, -0.05) is 20.8 Å². The maximum absolute atomic E-state index is 14.2. The van der Waals surface area contributed by atoms with E-state index in [1.165, 1.54) is 0 Å². The van der Waals surface area contributed by atoms with E-state index in [0.29, 0.717) is 29.0 Å². The molecule has 3 N–H and O–H groups in total. The van der Waals surface area contributed by atoms with Crippen LogP contribution in [0.3, 0.4) is 0 Å². The van der Waals surface area contributed by atoms with E-state index in [4.69, 9.17) is 5.14 Å². The topological polar surface area (TPSA) is 68.0 Å². The van der Waals surface area contributed by atoms with Gasteiger partial charge in [0, 0.05) is 30.6 Å². The zero-order chi connectivity index (χ0) is 21.2. The fraction of sp³-hybridized carbons (Fsp3) is 0.727. The molecule has 162 valence electrons. The number of halogens is 2. The van der Waals surface area contributed by atoms with E-state index in [0.717, 1.165) is 37.6 Å². The first-order valence-corrected chi connectivity index (χ1v) is 11.5. The van der Waals surface area contributed by atoms with Crippen LogP contribution in [-0.2, 0) is 4.79 Å². The number of pyridine rings is 1. The maximum Gasteiger partial charge on any atom is 0.248 e. The lowest BCUT2D eigenvalue weighted by Gasteiger charge is -2.44. The van der Waals surface area contributed by atoms with Crippen molar-refractivity contribution in [3.8, 4) is 0 Å². The fourth-order valence-corrected chi connectivity index (χ4v) is 5.52. The second-order valence-electron chi connectivity index (χ2n) is 9.84. The van der Waals surface area contributed by atoms with E-state index in [-0.39, 0.29) is 30.1 Å². The smallest absolute Gasteiger partial charge is 0.248 e. The third kappa shape index (κ3) is 5.69. The van der Waals surface area contributed by atoms with E-state index in [2.05, 4.69) is 31.1 Å². The number of hydrogen-bond donors (Lipinski definition) is 2. The number of rotatable bonds is 4. The van der Waals surface area contributed by atoms with Gasteiger partial charge in [-0.05, 0) is 79.4 Å². The van der Waals surface area contributed by atoms with Crippen molar-refractivity contribution in [3.05, 3.63) is 18.3 Å². The third-order valence-electron chi connectivity index (χ3n) is 6.94. The molecule has 29 heavy (non-hydrogen) atoms. The Labute approximate surface area is 176 Å². The largest absolute Gasteiger partial charge is 0.326 e. The van der Waals surface area contributed by atoms with Crippen LogP contribution in [0.1, 0.15) is 65.7 Å². The van der Waals surface area contributed by atoms with Crippen LogP contribution in [0.15, 0.2) is 23.4 Å². The number of nitrogens with two attached hydrogens (primary N) is 1. The van der Waals surface area contributed by atoms with Crippen molar-refractivity contribution >= 4 is 23.5 Å². The van der Waals surface area contributed by atoms with Crippen LogP contribution in [0.4, 0.5) is 14.5 Å². The van der Waals surface area contributed by atoms with Crippen molar-refractivity contribution in [3.63, 3.8) is 0 Å². The van der Waals surface area contributed by atoms with Crippen LogP contribution in [-0.4, -0.2) is 16.8 Å². The summed E-state index contributed by atoms with van der Waals surface area (Å²) in [6.45, 7) is 6.83. The number of nitrogens with one attached hydrogen (secondary N) is 1. The molecule has 0 bridgehead atoms. The average Bonchev–Trinajstić information content (AvgIpc) is 2.67. The molecule has 1 aromatic heterocycles. The van der Waals surface area contributed by atoms with Crippen molar-refractivity contribution in [2.45, 2.75) is 76.7 Å². The maximum atomic E-state index is 14.2. The van der Waals surface area contributed by atoms with Crippen molar-refractivity contribution in [2.24, 2.45) is 34.2 Å². The Morgan fingerprint density at radius 1 is 1.24 bits per heavy atom. The number of carbonyl (C=O) groups is 1. The first-order valence-electron chi connectivity index (χ1n) is 10.6. The molecule has 2 saturated carbocycles. The van der Waals surface area contributed by atoms with Crippen LogP contribution in [0.5, 0.6) is 0 Å². The van der Waals surface area contributed by atoms with Crippen LogP contribution in [0.25, 0.3) is 0 Å². The van der Waals surface area contributed by atoms with Crippen LogP contribution in [0.2, 0.25) is 0 Å². The SMILES string of the molecule is CC(C)(C)C1CCC(C2CCC(F)(F)C[C@H]2C(=O)Nc2ccnc(SN)c2)CC1. The number of amides is 1. The van der Waals surface area contributed by atoms with Gasteiger partial charge in [0.1, 0.15) is 5.03 Å². The Morgan fingerprint density at radius 2 is 1.93 bits per heavy atom. The Morgan fingerprint density at radius 3 is 2.55 bits per heavy atom. The normalized spacial score (nSPS) is 30.0. The summed E-state index contributed by atoms with van der Waals surface area (Å²) in [5, 5.41) is 8.95. The Kier molecular flexibility index (Phi) is 6.88. The van der Waals surface area contributed by atoms with Gasteiger partial charge in [0.2, 0.25) is 11.8 Å². The lowest BCUT2D eigenvalue weighted by Crippen LogP contribution is -2.43. The summed E-state index contributed by atoms with van der Waals surface area (Å²) in [5.41, 5.74) is 0.837.